The molecule has 27 heavy (non-hydrogen) atoms. The molecule has 0 spiro atoms. The molecule has 0 bridgehead atoms. The number of anilines is 1. The van der Waals surface area contributed by atoms with Gasteiger partial charge in [0.05, 0.1) is 19.8 Å². The highest BCUT2D eigenvalue weighted by molar-refractivity contribution is 5.92. The summed E-state index contributed by atoms with van der Waals surface area (Å²) < 4.78 is 15.4. The van der Waals surface area contributed by atoms with Crippen LogP contribution in [0.2, 0.25) is 0 Å². The summed E-state index contributed by atoms with van der Waals surface area (Å²) in [7, 11) is 2.77. The lowest BCUT2D eigenvalue weighted by atomic mass is 9.99. The largest absolute Gasteiger partial charge is 0.493 e. The number of nitrogens with one attached hydrogen (secondary N) is 1. The Kier molecular flexibility index (Phi) is 7.23. The van der Waals surface area contributed by atoms with E-state index in [1.165, 1.54) is 25.8 Å². The molecular formula is C21H25NO5. The van der Waals surface area contributed by atoms with E-state index in [-0.39, 0.29) is 12.5 Å². The van der Waals surface area contributed by atoms with Crippen LogP contribution in [0.15, 0.2) is 42.5 Å². The first-order valence-electron chi connectivity index (χ1n) is 8.77. The van der Waals surface area contributed by atoms with E-state index >= 15 is 0 Å². The Labute approximate surface area is 159 Å². The van der Waals surface area contributed by atoms with Crippen molar-refractivity contribution in [2.24, 2.45) is 0 Å². The van der Waals surface area contributed by atoms with Crippen LogP contribution in [0.3, 0.4) is 0 Å². The lowest BCUT2D eigenvalue weighted by molar-refractivity contribution is -0.118. The minimum absolute atomic E-state index is 0.180. The average Bonchev–Trinajstić information content (AvgIpc) is 2.71. The lowest BCUT2D eigenvalue weighted by Crippen LogP contribution is -2.20. The maximum Gasteiger partial charge on any atom is 0.337 e. The van der Waals surface area contributed by atoms with Crippen LogP contribution >= 0.6 is 0 Å². The summed E-state index contributed by atoms with van der Waals surface area (Å²) in [6.07, 6.45) is 1.07. The van der Waals surface area contributed by atoms with Gasteiger partial charge in [0.1, 0.15) is 0 Å². The summed E-state index contributed by atoms with van der Waals surface area (Å²) in [5.41, 5.74) is 2.29. The summed E-state index contributed by atoms with van der Waals surface area (Å²) in [4.78, 5) is 23.7. The fourth-order valence-electron chi connectivity index (χ4n) is 2.50. The molecule has 0 fully saturated rings. The molecule has 0 unspecified atom stereocenters. The Bertz CT molecular complexity index is 786. The van der Waals surface area contributed by atoms with Crippen LogP contribution in [0.4, 0.5) is 5.69 Å². The van der Waals surface area contributed by atoms with Gasteiger partial charge in [-0.1, -0.05) is 26.0 Å². The smallest absolute Gasteiger partial charge is 0.337 e. The third-order valence-electron chi connectivity index (χ3n) is 4.32. The molecule has 0 saturated carbocycles. The number of ether oxygens (including phenoxy) is 3. The molecule has 2 rings (SSSR count). The third-order valence-corrected chi connectivity index (χ3v) is 4.32. The van der Waals surface area contributed by atoms with Gasteiger partial charge in [0, 0.05) is 5.69 Å². The Morgan fingerprint density at radius 3 is 2.33 bits per heavy atom. The van der Waals surface area contributed by atoms with Gasteiger partial charge in [-0.3, -0.25) is 4.79 Å². The van der Waals surface area contributed by atoms with Gasteiger partial charge < -0.3 is 19.5 Å². The molecule has 1 amide bonds. The number of carbonyl (C=O) groups excluding carboxylic acids is 2. The Balaban J connectivity index is 1.96. The van der Waals surface area contributed by atoms with E-state index in [4.69, 9.17) is 9.47 Å². The highest BCUT2D eigenvalue weighted by Crippen LogP contribution is 2.28. The van der Waals surface area contributed by atoms with Crippen molar-refractivity contribution in [3.63, 3.8) is 0 Å². The molecule has 0 aliphatic heterocycles. The van der Waals surface area contributed by atoms with Gasteiger partial charge in [-0.2, -0.15) is 0 Å². The third kappa shape index (κ3) is 5.48. The monoisotopic (exact) mass is 371 g/mol. The van der Waals surface area contributed by atoms with Crippen LogP contribution in [0, 0.1) is 0 Å². The van der Waals surface area contributed by atoms with E-state index in [2.05, 4.69) is 23.9 Å². The zero-order valence-corrected chi connectivity index (χ0v) is 16.1. The number of hydrogen-bond donors (Lipinski definition) is 1. The van der Waals surface area contributed by atoms with Gasteiger partial charge in [0.25, 0.3) is 5.91 Å². The van der Waals surface area contributed by atoms with Gasteiger partial charge in [0.2, 0.25) is 0 Å². The molecule has 144 valence electrons. The second-order valence-corrected chi connectivity index (χ2v) is 6.13. The van der Waals surface area contributed by atoms with Crippen molar-refractivity contribution in [2.45, 2.75) is 26.2 Å². The molecule has 0 aromatic heterocycles. The van der Waals surface area contributed by atoms with Crippen molar-refractivity contribution in [3.05, 3.63) is 53.6 Å². The van der Waals surface area contributed by atoms with Gasteiger partial charge in [-0.25, -0.2) is 4.79 Å². The first kappa shape index (κ1) is 20.3. The maximum atomic E-state index is 12.1. The number of rotatable bonds is 8. The molecule has 0 saturated heterocycles. The lowest BCUT2D eigenvalue weighted by Gasteiger charge is -2.13. The van der Waals surface area contributed by atoms with E-state index in [0.29, 0.717) is 28.7 Å². The van der Waals surface area contributed by atoms with Crippen LogP contribution < -0.4 is 14.8 Å². The SMILES string of the molecule is CC[C@@H](C)c1ccc(NC(=O)COc2ccc(C(=O)OC)cc2OC)cc1. The molecule has 6 heteroatoms. The second-order valence-electron chi connectivity index (χ2n) is 6.13. The van der Waals surface area contributed by atoms with Crippen LogP contribution in [0.1, 0.15) is 42.1 Å². The molecule has 0 aliphatic carbocycles. The van der Waals surface area contributed by atoms with Crippen LogP contribution in [-0.4, -0.2) is 32.7 Å². The Morgan fingerprint density at radius 1 is 1.04 bits per heavy atom. The van der Waals surface area contributed by atoms with Gasteiger partial charge in [-0.15, -0.1) is 0 Å². The van der Waals surface area contributed by atoms with Crippen LogP contribution in [0.25, 0.3) is 0 Å². The number of esters is 1. The minimum atomic E-state index is -0.474. The summed E-state index contributed by atoms with van der Waals surface area (Å²) in [5.74, 6) is 0.443. The van der Waals surface area contributed by atoms with Crippen molar-refractivity contribution >= 4 is 17.6 Å². The Morgan fingerprint density at radius 2 is 1.74 bits per heavy atom. The normalized spacial score (nSPS) is 11.4. The topological polar surface area (TPSA) is 73.9 Å². The molecular weight excluding hydrogens is 346 g/mol. The minimum Gasteiger partial charge on any atom is -0.493 e. The van der Waals surface area contributed by atoms with E-state index in [0.717, 1.165) is 6.42 Å². The van der Waals surface area contributed by atoms with E-state index in [1.807, 2.05) is 24.3 Å². The zero-order chi connectivity index (χ0) is 19.8. The molecule has 1 atom stereocenters. The second kappa shape index (κ2) is 9.62. The van der Waals surface area contributed by atoms with Crippen LogP contribution in [-0.2, 0) is 9.53 Å². The fraction of sp³-hybridized carbons (Fsp3) is 0.333. The molecule has 6 nitrogen and oxygen atoms in total. The molecule has 2 aromatic carbocycles. The van der Waals surface area contributed by atoms with Crippen LogP contribution in [0.5, 0.6) is 11.5 Å². The number of amides is 1. The summed E-state index contributed by atoms with van der Waals surface area (Å²) >= 11 is 0. The van der Waals surface area contributed by atoms with Crippen molar-refractivity contribution in [1.82, 2.24) is 0 Å². The summed E-state index contributed by atoms with van der Waals surface area (Å²) in [6.45, 7) is 4.13. The molecule has 1 N–H and O–H groups in total. The maximum absolute atomic E-state index is 12.1. The Hall–Kier alpha value is -3.02. The zero-order valence-electron chi connectivity index (χ0n) is 16.1. The first-order valence-corrected chi connectivity index (χ1v) is 8.77. The molecule has 0 heterocycles. The van der Waals surface area contributed by atoms with Gasteiger partial charge in [0.15, 0.2) is 18.1 Å². The van der Waals surface area contributed by atoms with Gasteiger partial charge in [-0.05, 0) is 48.2 Å². The van der Waals surface area contributed by atoms with Crippen molar-refractivity contribution in [1.29, 1.82) is 0 Å². The summed E-state index contributed by atoms with van der Waals surface area (Å²) in [6, 6.07) is 12.4. The predicted molar refractivity (Wildman–Crippen MR) is 104 cm³/mol. The summed E-state index contributed by atoms with van der Waals surface area (Å²) in [5, 5.41) is 2.79. The van der Waals surface area contributed by atoms with Crippen molar-refractivity contribution in [2.75, 3.05) is 26.1 Å². The quantitative estimate of drug-likeness (QED) is 0.710. The molecule has 0 radical (unpaired) electrons. The molecule has 2 aromatic rings. The van der Waals surface area contributed by atoms with Gasteiger partial charge >= 0.3 is 5.97 Å². The highest BCUT2D eigenvalue weighted by Gasteiger charge is 2.13. The highest BCUT2D eigenvalue weighted by atomic mass is 16.5. The van der Waals surface area contributed by atoms with Crippen molar-refractivity contribution < 1.29 is 23.8 Å². The number of methoxy groups -OCH3 is 2. The van der Waals surface area contributed by atoms with E-state index in [1.54, 1.807) is 12.1 Å². The predicted octanol–water partition coefficient (Wildman–Crippen LogP) is 4.01. The average molecular weight is 371 g/mol. The number of benzene rings is 2. The number of carbonyl (C=O) groups is 2. The van der Waals surface area contributed by atoms with E-state index in [9.17, 15) is 9.59 Å². The standard InChI is InChI=1S/C21H25NO5/c1-5-14(2)15-6-9-17(10-7-15)22-20(23)13-27-18-11-8-16(21(24)26-4)12-19(18)25-3/h6-12,14H,5,13H2,1-4H3,(H,22,23)/t14-/m1/s1. The van der Waals surface area contributed by atoms with E-state index < -0.39 is 5.97 Å². The fourth-order valence-corrected chi connectivity index (χ4v) is 2.50. The molecule has 0 aliphatic rings. The van der Waals surface area contributed by atoms with Crippen molar-refractivity contribution in [3.8, 4) is 11.5 Å². The number of hydrogen-bond acceptors (Lipinski definition) is 5. The first-order chi connectivity index (χ1) is 13.0.